The van der Waals surface area contributed by atoms with Gasteiger partial charge in [0.1, 0.15) is 0 Å². The second-order valence-electron chi connectivity index (χ2n) is 6.81. The van der Waals surface area contributed by atoms with Crippen molar-refractivity contribution in [3.05, 3.63) is 105 Å². The third-order valence-electron chi connectivity index (χ3n) is 4.98. The standard InChI is InChI=1S/C22H16ClN3O4/c23-16-11-15(12-17(21(16)27)26(29)30)20-18(13-7-3-1-4-8-13)19(24-22(28)25-20)14-9-5-2-6-10-14/h1-12,18,20,27H,(H,25,28). The first-order chi connectivity index (χ1) is 14.5. The zero-order chi connectivity index (χ0) is 21.3. The van der Waals surface area contributed by atoms with Crippen molar-refractivity contribution >= 4 is 29.0 Å². The summed E-state index contributed by atoms with van der Waals surface area (Å²) in [5.41, 5.74) is 2.06. The average molecular weight is 422 g/mol. The second-order valence-corrected chi connectivity index (χ2v) is 7.21. The fraction of sp³-hybridized carbons (Fsp3) is 0.0909. The van der Waals surface area contributed by atoms with Crippen molar-refractivity contribution < 1.29 is 14.8 Å². The van der Waals surface area contributed by atoms with Crippen LogP contribution in [0.3, 0.4) is 0 Å². The van der Waals surface area contributed by atoms with Crippen molar-refractivity contribution in [1.82, 2.24) is 5.32 Å². The lowest BCUT2D eigenvalue weighted by Gasteiger charge is -2.33. The number of halogens is 1. The number of urea groups is 1. The molecule has 2 N–H and O–H groups in total. The molecule has 2 amide bonds. The molecule has 3 aromatic rings. The number of carbonyl (C=O) groups excluding carboxylic acids is 1. The molecule has 3 aromatic carbocycles. The summed E-state index contributed by atoms with van der Waals surface area (Å²) in [5.74, 6) is -1.03. The van der Waals surface area contributed by atoms with Gasteiger partial charge in [0.2, 0.25) is 5.75 Å². The van der Waals surface area contributed by atoms with Gasteiger partial charge in [0.15, 0.2) is 0 Å². The van der Waals surface area contributed by atoms with Gasteiger partial charge in [0, 0.05) is 6.07 Å². The molecule has 0 fully saturated rings. The number of nitrogens with one attached hydrogen (secondary N) is 1. The van der Waals surface area contributed by atoms with Gasteiger partial charge in [-0.25, -0.2) is 4.79 Å². The summed E-state index contributed by atoms with van der Waals surface area (Å²) in [5, 5.41) is 24.0. The molecular weight excluding hydrogens is 406 g/mol. The molecule has 0 aromatic heterocycles. The van der Waals surface area contributed by atoms with Gasteiger partial charge in [0.05, 0.1) is 27.6 Å². The number of hydrogen-bond donors (Lipinski definition) is 2. The minimum Gasteiger partial charge on any atom is -0.501 e. The number of benzene rings is 3. The summed E-state index contributed by atoms with van der Waals surface area (Å²) in [7, 11) is 0. The van der Waals surface area contributed by atoms with Crippen LogP contribution in [-0.2, 0) is 0 Å². The molecule has 1 aliphatic rings. The lowest BCUT2D eigenvalue weighted by Crippen LogP contribution is -2.40. The summed E-state index contributed by atoms with van der Waals surface area (Å²) in [6.45, 7) is 0. The van der Waals surface area contributed by atoms with Crippen LogP contribution in [0, 0.1) is 10.1 Å². The molecule has 0 spiro atoms. The fourth-order valence-corrected chi connectivity index (χ4v) is 3.87. The van der Waals surface area contributed by atoms with Gasteiger partial charge in [0.25, 0.3) is 0 Å². The van der Waals surface area contributed by atoms with Gasteiger partial charge in [-0.1, -0.05) is 72.3 Å². The number of rotatable bonds is 4. The molecule has 0 saturated heterocycles. The highest BCUT2D eigenvalue weighted by molar-refractivity contribution is 6.32. The SMILES string of the molecule is O=C1N=C(c2ccccc2)C(c2ccccc2)C(c2cc(Cl)c(O)c([N+](=O)[O-])c2)N1. The maximum Gasteiger partial charge on any atom is 0.341 e. The van der Waals surface area contributed by atoms with E-state index in [4.69, 9.17) is 11.6 Å². The first-order valence-corrected chi connectivity index (χ1v) is 9.49. The number of phenolic OH excluding ortho intramolecular Hbond substituents is 1. The molecule has 0 bridgehead atoms. The van der Waals surface area contributed by atoms with Crippen molar-refractivity contribution in [1.29, 1.82) is 0 Å². The zero-order valence-corrected chi connectivity index (χ0v) is 16.3. The Morgan fingerprint density at radius 1 is 1.00 bits per heavy atom. The van der Waals surface area contributed by atoms with E-state index in [0.717, 1.165) is 11.1 Å². The Bertz CT molecular complexity index is 1150. The van der Waals surface area contributed by atoms with E-state index >= 15 is 0 Å². The van der Waals surface area contributed by atoms with E-state index in [-0.39, 0.29) is 5.02 Å². The van der Waals surface area contributed by atoms with E-state index in [0.29, 0.717) is 11.3 Å². The number of hydrogen-bond acceptors (Lipinski definition) is 4. The highest BCUT2D eigenvalue weighted by Gasteiger charge is 2.37. The van der Waals surface area contributed by atoms with Crippen molar-refractivity contribution in [3.63, 3.8) is 0 Å². The van der Waals surface area contributed by atoms with Crippen molar-refractivity contribution in [2.45, 2.75) is 12.0 Å². The number of nitrogens with zero attached hydrogens (tertiary/aromatic N) is 2. The topological polar surface area (TPSA) is 105 Å². The zero-order valence-electron chi connectivity index (χ0n) is 15.5. The Balaban J connectivity index is 1.92. The Morgan fingerprint density at radius 2 is 1.63 bits per heavy atom. The molecule has 0 saturated carbocycles. The Hall–Kier alpha value is -3.71. The first kappa shape index (κ1) is 19.6. The molecular formula is C22H16ClN3O4. The molecule has 150 valence electrons. The summed E-state index contributed by atoms with van der Waals surface area (Å²) in [6.07, 6.45) is 0. The van der Waals surface area contributed by atoms with E-state index in [1.54, 1.807) is 0 Å². The van der Waals surface area contributed by atoms with Gasteiger partial charge < -0.3 is 10.4 Å². The number of carbonyl (C=O) groups is 1. The van der Waals surface area contributed by atoms with Crippen LogP contribution in [0.15, 0.2) is 77.8 Å². The molecule has 30 heavy (non-hydrogen) atoms. The van der Waals surface area contributed by atoms with Crippen LogP contribution in [0.2, 0.25) is 5.02 Å². The summed E-state index contributed by atoms with van der Waals surface area (Å²) < 4.78 is 0. The maximum absolute atomic E-state index is 12.5. The van der Waals surface area contributed by atoms with Gasteiger partial charge in [-0.05, 0) is 22.8 Å². The number of aromatic hydroxyl groups is 1. The summed E-state index contributed by atoms with van der Waals surface area (Å²) in [4.78, 5) is 27.4. The van der Waals surface area contributed by atoms with E-state index in [2.05, 4.69) is 10.3 Å². The van der Waals surface area contributed by atoms with E-state index in [9.17, 15) is 20.0 Å². The largest absolute Gasteiger partial charge is 0.501 e. The lowest BCUT2D eigenvalue weighted by atomic mass is 9.80. The van der Waals surface area contributed by atoms with Gasteiger partial charge in [-0.3, -0.25) is 10.1 Å². The van der Waals surface area contributed by atoms with Gasteiger partial charge in [-0.2, -0.15) is 4.99 Å². The first-order valence-electron chi connectivity index (χ1n) is 9.12. The fourth-order valence-electron chi connectivity index (χ4n) is 3.65. The van der Waals surface area contributed by atoms with Crippen molar-refractivity contribution in [2.24, 2.45) is 4.99 Å². The van der Waals surface area contributed by atoms with Crippen LogP contribution in [0.5, 0.6) is 5.75 Å². The van der Waals surface area contributed by atoms with Crippen LogP contribution >= 0.6 is 11.6 Å². The van der Waals surface area contributed by atoms with Crippen LogP contribution in [0.25, 0.3) is 0 Å². The summed E-state index contributed by atoms with van der Waals surface area (Å²) >= 11 is 6.07. The van der Waals surface area contributed by atoms with Gasteiger partial charge in [-0.15, -0.1) is 0 Å². The number of aliphatic imine (C=N–C) groups is 1. The van der Waals surface area contributed by atoms with Crippen molar-refractivity contribution in [2.75, 3.05) is 0 Å². The highest BCUT2D eigenvalue weighted by atomic mass is 35.5. The van der Waals surface area contributed by atoms with Crippen LogP contribution in [0.1, 0.15) is 28.7 Å². The Kier molecular flexibility index (Phi) is 5.20. The van der Waals surface area contributed by atoms with E-state index < -0.39 is 34.4 Å². The predicted molar refractivity (Wildman–Crippen MR) is 113 cm³/mol. The minimum absolute atomic E-state index is 0.163. The molecule has 0 radical (unpaired) electrons. The lowest BCUT2D eigenvalue weighted by molar-refractivity contribution is -0.385. The van der Waals surface area contributed by atoms with Crippen molar-refractivity contribution in [3.8, 4) is 5.75 Å². The molecule has 8 heteroatoms. The summed E-state index contributed by atoms with van der Waals surface area (Å²) in [6, 6.07) is 20.1. The predicted octanol–water partition coefficient (Wildman–Crippen LogP) is 4.99. The highest BCUT2D eigenvalue weighted by Crippen LogP contribution is 2.42. The molecule has 0 aliphatic carbocycles. The third-order valence-corrected chi connectivity index (χ3v) is 5.27. The molecule has 2 atom stereocenters. The van der Waals surface area contributed by atoms with Crippen LogP contribution in [0.4, 0.5) is 10.5 Å². The minimum atomic E-state index is -0.709. The number of nitro benzene ring substituents is 1. The average Bonchev–Trinajstić information content (AvgIpc) is 2.76. The van der Waals surface area contributed by atoms with Crippen LogP contribution < -0.4 is 5.32 Å². The molecule has 4 rings (SSSR count). The normalized spacial score (nSPS) is 18.4. The Morgan fingerprint density at radius 3 is 2.27 bits per heavy atom. The quantitative estimate of drug-likeness (QED) is 0.457. The number of nitro groups is 1. The van der Waals surface area contributed by atoms with Gasteiger partial charge >= 0.3 is 11.7 Å². The third kappa shape index (κ3) is 3.62. The van der Waals surface area contributed by atoms with Crippen LogP contribution in [-0.4, -0.2) is 21.8 Å². The molecule has 1 aliphatic heterocycles. The maximum atomic E-state index is 12.5. The second kappa shape index (κ2) is 7.96. The monoisotopic (exact) mass is 421 g/mol. The van der Waals surface area contributed by atoms with E-state index in [1.807, 2.05) is 60.7 Å². The smallest absolute Gasteiger partial charge is 0.341 e. The van der Waals surface area contributed by atoms with E-state index in [1.165, 1.54) is 12.1 Å². The Labute approximate surface area is 176 Å². The molecule has 1 heterocycles. The number of phenols is 1. The molecule has 2 unspecified atom stereocenters. The number of amides is 2. The molecule has 7 nitrogen and oxygen atoms in total.